The summed E-state index contributed by atoms with van der Waals surface area (Å²) < 4.78 is 5.82. The Morgan fingerprint density at radius 1 is 1.36 bits per heavy atom. The summed E-state index contributed by atoms with van der Waals surface area (Å²) in [6.45, 7) is 11.3. The van der Waals surface area contributed by atoms with E-state index in [1.807, 2.05) is 26.0 Å². The van der Waals surface area contributed by atoms with Crippen LogP contribution in [0.5, 0.6) is 5.75 Å². The Bertz CT molecular complexity index is 508. The first-order valence-electron chi connectivity index (χ1n) is 8.26. The molecule has 1 aliphatic rings. The van der Waals surface area contributed by atoms with E-state index in [9.17, 15) is 4.79 Å². The van der Waals surface area contributed by atoms with Crippen LogP contribution in [0.15, 0.2) is 18.2 Å². The number of carbonyl (C=O) groups excluding carboxylic acids is 1. The monoisotopic (exact) mass is 304 g/mol. The molecular weight excluding hydrogens is 276 g/mol. The average Bonchev–Trinajstić information content (AvgIpc) is 2.50. The number of ether oxygens (including phenoxy) is 1. The molecule has 1 atom stereocenters. The van der Waals surface area contributed by atoms with Crippen LogP contribution in [0.1, 0.15) is 37.8 Å². The lowest BCUT2D eigenvalue weighted by Crippen LogP contribution is -2.48. The van der Waals surface area contributed by atoms with Gasteiger partial charge in [0.1, 0.15) is 5.75 Å². The van der Waals surface area contributed by atoms with Gasteiger partial charge in [0, 0.05) is 19.1 Å². The Kier molecular flexibility index (Phi) is 5.83. The van der Waals surface area contributed by atoms with Crippen LogP contribution >= 0.6 is 0 Å². The van der Waals surface area contributed by atoms with Gasteiger partial charge in [-0.2, -0.15) is 0 Å². The number of aryl methyl sites for hydroxylation is 2. The van der Waals surface area contributed by atoms with Gasteiger partial charge in [-0.25, -0.2) is 0 Å². The number of hydrogen-bond donors (Lipinski definition) is 1. The van der Waals surface area contributed by atoms with Gasteiger partial charge in [0.2, 0.25) is 0 Å². The first-order valence-corrected chi connectivity index (χ1v) is 8.26. The lowest BCUT2D eigenvalue weighted by atomic mass is 10.0. The molecule has 1 aromatic carbocycles. The SMILES string of the molecule is CCN1CCC(NC(=O)[C@@H](C)Oc2ccc(C)cc2C)CC1. The minimum absolute atomic E-state index is 0.0186. The summed E-state index contributed by atoms with van der Waals surface area (Å²) in [6.07, 6.45) is 1.58. The van der Waals surface area contributed by atoms with Crippen molar-refractivity contribution >= 4 is 5.91 Å². The van der Waals surface area contributed by atoms with Crippen molar-refractivity contribution in [1.29, 1.82) is 0 Å². The van der Waals surface area contributed by atoms with Crippen LogP contribution < -0.4 is 10.1 Å². The molecule has 22 heavy (non-hydrogen) atoms. The van der Waals surface area contributed by atoms with Crippen molar-refractivity contribution in [2.75, 3.05) is 19.6 Å². The fourth-order valence-electron chi connectivity index (χ4n) is 2.89. The Morgan fingerprint density at radius 2 is 2.05 bits per heavy atom. The Morgan fingerprint density at radius 3 is 2.64 bits per heavy atom. The van der Waals surface area contributed by atoms with Gasteiger partial charge < -0.3 is 15.0 Å². The topological polar surface area (TPSA) is 41.6 Å². The van der Waals surface area contributed by atoms with E-state index in [2.05, 4.69) is 30.1 Å². The molecule has 0 aromatic heterocycles. The molecule has 0 aliphatic carbocycles. The Hall–Kier alpha value is -1.55. The molecule has 1 N–H and O–H groups in total. The highest BCUT2D eigenvalue weighted by Gasteiger charge is 2.23. The predicted molar refractivity (Wildman–Crippen MR) is 89.3 cm³/mol. The molecule has 0 bridgehead atoms. The van der Waals surface area contributed by atoms with E-state index in [0.29, 0.717) is 0 Å². The molecule has 0 spiro atoms. The van der Waals surface area contributed by atoms with Gasteiger partial charge in [-0.3, -0.25) is 4.79 Å². The highest BCUT2D eigenvalue weighted by Crippen LogP contribution is 2.20. The Labute approximate surface area is 133 Å². The number of amides is 1. The van der Waals surface area contributed by atoms with E-state index < -0.39 is 6.10 Å². The van der Waals surface area contributed by atoms with Gasteiger partial charge in [0.05, 0.1) is 0 Å². The molecule has 0 saturated carbocycles. The lowest BCUT2D eigenvalue weighted by Gasteiger charge is -2.32. The first kappa shape index (κ1) is 16.8. The molecule has 1 aliphatic heterocycles. The largest absolute Gasteiger partial charge is 0.481 e. The average molecular weight is 304 g/mol. The number of nitrogens with one attached hydrogen (secondary N) is 1. The van der Waals surface area contributed by atoms with Gasteiger partial charge in [0.15, 0.2) is 6.10 Å². The molecule has 1 aromatic rings. The molecule has 0 radical (unpaired) electrons. The van der Waals surface area contributed by atoms with Crippen molar-refractivity contribution in [2.45, 2.75) is 52.7 Å². The van der Waals surface area contributed by atoms with Crippen molar-refractivity contribution in [3.05, 3.63) is 29.3 Å². The highest BCUT2D eigenvalue weighted by atomic mass is 16.5. The van der Waals surface area contributed by atoms with Gasteiger partial charge >= 0.3 is 0 Å². The third-order valence-electron chi connectivity index (χ3n) is 4.38. The van der Waals surface area contributed by atoms with Crippen molar-refractivity contribution < 1.29 is 9.53 Å². The van der Waals surface area contributed by atoms with Crippen LogP contribution in [0.2, 0.25) is 0 Å². The van der Waals surface area contributed by atoms with Gasteiger partial charge in [0.25, 0.3) is 5.91 Å². The molecule has 4 heteroatoms. The molecular formula is C18H28N2O2. The van der Waals surface area contributed by atoms with Crippen molar-refractivity contribution in [1.82, 2.24) is 10.2 Å². The summed E-state index contributed by atoms with van der Waals surface area (Å²) in [5, 5.41) is 3.12. The summed E-state index contributed by atoms with van der Waals surface area (Å²) >= 11 is 0. The minimum atomic E-state index is -0.467. The highest BCUT2D eigenvalue weighted by molar-refractivity contribution is 5.81. The third kappa shape index (κ3) is 4.47. The number of hydrogen-bond acceptors (Lipinski definition) is 3. The fourth-order valence-corrected chi connectivity index (χ4v) is 2.89. The molecule has 1 saturated heterocycles. The van der Waals surface area contributed by atoms with E-state index in [1.54, 1.807) is 0 Å². The van der Waals surface area contributed by atoms with Crippen LogP contribution in [-0.2, 0) is 4.79 Å². The van der Waals surface area contributed by atoms with Crippen LogP contribution in [0.25, 0.3) is 0 Å². The van der Waals surface area contributed by atoms with Crippen molar-refractivity contribution in [3.63, 3.8) is 0 Å². The van der Waals surface area contributed by atoms with Crippen LogP contribution in [0.4, 0.5) is 0 Å². The fraction of sp³-hybridized carbons (Fsp3) is 0.611. The zero-order chi connectivity index (χ0) is 16.1. The first-order chi connectivity index (χ1) is 10.5. The summed E-state index contributed by atoms with van der Waals surface area (Å²) in [4.78, 5) is 14.7. The number of benzene rings is 1. The molecule has 4 nitrogen and oxygen atoms in total. The summed E-state index contributed by atoms with van der Waals surface area (Å²) in [7, 11) is 0. The number of nitrogens with zero attached hydrogens (tertiary/aromatic N) is 1. The number of rotatable bonds is 5. The van der Waals surface area contributed by atoms with Crippen molar-refractivity contribution in [2.24, 2.45) is 0 Å². The molecule has 2 rings (SSSR count). The van der Waals surface area contributed by atoms with Gasteiger partial charge in [-0.15, -0.1) is 0 Å². The Balaban J connectivity index is 1.84. The number of carbonyl (C=O) groups is 1. The maximum atomic E-state index is 12.3. The molecule has 0 unspecified atom stereocenters. The van der Waals surface area contributed by atoms with Crippen LogP contribution in [-0.4, -0.2) is 42.6 Å². The van der Waals surface area contributed by atoms with Gasteiger partial charge in [-0.05, 0) is 51.8 Å². The smallest absolute Gasteiger partial charge is 0.260 e. The van der Waals surface area contributed by atoms with Crippen molar-refractivity contribution in [3.8, 4) is 5.75 Å². The quantitative estimate of drug-likeness (QED) is 0.909. The standard InChI is InChI=1S/C18H28N2O2/c1-5-20-10-8-16(9-11-20)19-18(21)15(4)22-17-7-6-13(2)12-14(17)3/h6-7,12,15-16H,5,8-11H2,1-4H3,(H,19,21)/t15-/m1/s1. The molecule has 1 fully saturated rings. The maximum absolute atomic E-state index is 12.3. The zero-order valence-corrected chi connectivity index (χ0v) is 14.2. The third-order valence-corrected chi connectivity index (χ3v) is 4.38. The van der Waals surface area contributed by atoms with Gasteiger partial charge in [-0.1, -0.05) is 24.6 Å². The molecule has 1 amide bonds. The van der Waals surface area contributed by atoms with E-state index >= 15 is 0 Å². The molecule has 1 heterocycles. The van der Waals surface area contributed by atoms with Crippen LogP contribution in [0, 0.1) is 13.8 Å². The summed E-state index contributed by atoms with van der Waals surface area (Å²) in [5.74, 6) is 0.768. The van der Waals surface area contributed by atoms with Crippen LogP contribution in [0.3, 0.4) is 0 Å². The maximum Gasteiger partial charge on any atom is 0.260 e. The second-order valence-corrected chi connectivity index (χ2v) is 6.25. The predicted octanol–water partition coefficient (Wildman–Crippen LogP) is 2.67. The summed E-state index contributed by atoms with van der Waals surface area (Å²) in [5.41, 5.74) is 2.26. The summed E-state index contributed by atoms with van der Waals surface area (Å²) in [6, 6.07) is 6.29. The second kappa shape index (κ2) is 7.63. The second-order valence-electron chi connectivity index (χ2n) is 6.25. The van der Waals surface area contributed by atoms with E-state index in [0.717, 1.165) is 43.8 Å². The minimum Gasteiger partial charge on any atom is -0.481 e. The lowest BCUT2D eigenvalue weighted by molar-refractivity contribution is -0.128. The normalized spacial score (nSPS) is 18.0. The zero-order valence-electron chi connectivity index (χ0n) is 14.2. The number of likely N-dealkylation sites (tertiary alicyclic amines) is 1. The number of piperidine rings is 1. The van der Waals surface area contributed by atoms with E-state index in [-0.39, 0.29) is 11.9 Å². The van der Waals surface area contributed by atoms with E-state index in [4.69, 9.17) is 4.74 Å². The molecule has 122 valence electrons. The van der Waals surface area contributed by atoms with E-state index in [1.165, 1.54) is 5.56 Å².